The highest BCUT2D eigenvalue weighted by Crippen LogP contribution is 2.32. The summed E-state index contributed by atoms with van der Waals surface area (Å²) in [6.45, 7) is 3.29. The fourth-order valence-electron chi connectivity index (χ4n) is 3.29. The van der Waals surface area contributed by atoms with E-state index in [1.807, 2.05) is 0 Å². The Morgan fingerprint density at radius 2 is 1.92 bits per heavy atom. The van der Waals surface area contributed by atoms with E-state index < -0.39 is 41.7 Å². The summed E-state index contributed by atoms with van der Waals surface area (Å²) in [6, 6.07) is 5.66. The summed E-state index contributed by atoms with van der Waals surface area (Å²) < 4.78 is 33.2. The van der Waals surface area contributed by atoms with Crippen molar-refractivity contribution in [3.63, 3.8) is 0 Å². The molecule has 13 heteroatoms. The fourth-order valence-corrected chi connectivity index (χ4v) is 4.25. The van der Waals surface area contributed by atoms with Crippen molar-refractivity contribution in [1.82, 2.24) is 10.6 Å². The molecule has 3 rings (SSSR count). The number of thiophene rings is 1. The molecular formula is C23H25ClF2N4O5S. The Labute approximate surface area is 215 Å². The molecule has 4 amide bonds. The lowest BCUT2D eigenvalue weighted by Gasteiger charge is -2.28. The van der Waals surface area contributed by atoms with Crippen LogP contribution in [0, 0.1) is 5.92 Å². The first-order valence-electron chi connectivity index (χ1n) is 11.0. The number of anilines is 2. The number of hydrogen-bond donors (Lipinski definition) is 3. The van der Waals surface area contributed by atoms with Gasteiger partial charge in [-0.3, -0.25) is 19.2 Å². The molecule has 0 radical (unpaired) electrons. The first-order chi connectivity index (χ1) is 17.1. The highest BCUT2D eigenvalue weighted by atomic mass is 35.5. The van der Waals surface area contributed by atoms with Crippen molar-refractivity contribution in [3.8, 4) is 0 Å². The van der Waals surface area contributed by atoms with Gasteiger partial charge >= 0.3 is 0 Å². The lowest BCUT2D eigenvalue weighted by molar-refractivity contribution is -0.128. The molecule has 2 heterocycles. The van der Waals surface area contributed by atoms with Crippen LogP contribution in [-0.4, -0.2) is 56.0 Å². The number of amides is 4. The van der Waals surface area contributed by atoms with Crippen LogP contribution in [0.3, 0.4) is 0 Å². The number of ether oxygens (including phenoxy) is 1. The van der Waals surface area contributed by atoms with Gasteiger partial charge in [-0.05, 0) is 30.3 Å². The molecule has 2 aromatic rings. The maximum absolute atomic E-state index is 13.9. The predicted molar refractivity (Wildman–Crippen MR) is 132 cm³/mol. The maximum Gasteiger partial charge on any atom is 0.265 e. The molecule has 1 aromatic carbocycles. The van der Waals surface area contributed by atoms with Gasteiger partial charge in [-0.1, -0.05) is 25.4 Å². The topological polar surface area (TPSA) is 117 Å². The number of morpholine rings is 1. The smallest absolute Gasteiger partial charge is 0.265 e. The van der Waals surface area contributed by atoms with Gasteiger partial charge in [-0.2, -0.15) is 0 Å². The van der Waals surface area contributed by atoms with Crippen LogP contribution in [0.4, 0.5) is 20.2 Å². The second-order valence-corrected chi connectivity index (χ2v) is 9.90. The minimum Gasteiger partial charge on any atom is -0.370 e. The number of benzene rings is 1. The Balaban J connectivity index is 1.78. The van der Waals surface area contributed by atoms with Crippen LogP contribution >= 0.6 is 22.9 Å². The van der Waals surface area contributed by atoms with Crippen molar-refractivity contribution in [2.24, 2.45) is 5.92 Å². The molecule has 0 bridgehead atoms. The van der Waals surface area contributed by atoms with Crippen LogP contribution in [0.1, 0.15) is 35.5 Å². The average Bonchev–Trinajstić information content (AvgIpc) is 3.28. The van der Waals surface area contributed by atoms with Crippen molar-refractivity contribution in [1.29, 1.82) is 0 Å². The van der Waals surface area contributed by atoms with Crippen molar-refractivity contribution in [3.05, 3.63) is 45.1 Å². The first kappa shape index (κ1) is 27.5. The van der Waals surface area contributed by atoms with Crippen molar-refractivity contribution in [2.75, 3.05) is 36.5 Å². The molecule has 0 saturated carbocycles. The third-order valence-electron chi connectivity index (χ3n) is 5.25. The molecule has 0 aliphatic carbocycles. The van der Waals surface area contributed by atoms with Crippen LogP contribution in [0.5, 0.6) is 0 Å². The number of carbonyl (C=O) groups is 4. The molecule has 1 fully saturated rings. The summed E-state index contributed by atoms with van der Waals surface area (Å²) in [6.07, 6.45) is -2.96. The lowest BCUT2D eigenvalue weighted by Crippen LogP contribution is -2.51. The van der Waals surface area contributed by atoms with E-state index in [4.69, 9.17) is 16.3 Å². The van der Waals surface area contributed by atoms with Crippen molar-refractivity contribution in [2.45, 2.75) is 26.3 Å². The minimum atomic E-state index is -2.96. The monoisotopic (exact) mass is 542 g/mol. The zero-order valence-corrected chi connectivity index (χ0v) is 21.1. The molecule has 1 saturated heterocycles. The summed E-state index contributed by atoms with van der Waals surface area (Å²) in [5, 5.41) is 7.49. The van der Waals surface area contributed by atoms with Gasteiger partial charge in [0.1, 0.15) is 12.6 Å². The molecule has 1 aromatic heterocycles. The minimum absolute atomic E-state index is 0.150. The molecule has 194 valence electrons. The molecule has 36 heavy (non-hydrogen) atoms. The van der Waals surface area contributed by atoms with Gasteiger partial charge in [0.15, 0.2) is 0 Å². The molecule has 0 unspecified atom stereocenters. The second kappa shape index (κ2) is 12.2. The van der Waals surface area contributed by atoms with E-state index in [9.17, 15) is 28.0 Å². The molecule has 9 nitrogen and oxygen atoms in total. The third-order valence-corrected chi connectivity index (χ3v) is 6.48. The summed E-state index contributed by atoms with van der Waals surface area (Å²) in [4.78, 5) is 51.4. The Kier molecular flexibility index (Phi) is 9.35. The van der Waals surface area contributed by atoms with Gasteiger partial charge in [-0.15, -0.1) is 11.3 Å². The van der Waals surface area contributed by atoms with Crippen LogP contribution in [0.25, 0.3) is 0 Å². The van der Waals surface area contributed by atoms with Gasteiger partial charge < -0.3 is 25.6 Å². The highest BCUT2D eigenvalue weighted by Gasteiger charge is 2.27. The quantitative estimate of drug-likeness (QED) is 0.450. The van der Waals surface area contributed by atoms with Crippen LogP contribution < -0.4 is 20.9 Å². The predicted octanol–water partition coefficient (Wildman–Crippen LogP) is 3.21. The Hall–Kier alpha value is -3.09. The number of nitrogens with zero attached hydrogens (tertiary/aromatic N) is 1. The standard InChI is InChI=1S/C23H25ClF2N4O5S/c1-12(2)21(32)29-16(10-27-23(34)17-5-6-18(24)36-17)22(33)28-15-4-3-13(9-14(15)20(25)26)30-7-8-35-11-19(30)31/h3-6,9,12,16,20H,7-8,10-11H2,1-2H3,(H,27,34)(H,28,33)(H,29,32)/t16-/m0/s1. The van der Waals surface area contributed by atoms with Crippen molar-refractivity contribution < 1.29 is 32.7 Å². The number of nitrogens with one attached hydrogen (secondary N) is 3. The molecule has 1 aliphatic rings. The summed E-state index contributed by atoms with van der Waals surface area (Å²) in [7, 11) is 0. The van der Waals surface area contributed by atoms with E-state index in [0.717, 1.165) is 17.4 Å². The number of hydrogen-bond acceptors (Lipinski definition) is 6. The number of carbonyl (C=O) groups excluding carboxylic acids is 4. The average molecular weight is 543 g/mol. The maximum atomic E-state index is 13.9. The van der Waals surface area contributed by atoms with Gasteiger partial charge in [0.05, 0.1) is 15.8 Å². The zero-order chi connectivity index (χ0) is 26.4. The van der Waals surface area contributed by atoms with E-state index >= 15 is 0 Å². The van der Waals surface area contributed by atoms with Gasteiger partial charge in [-0.25, -0.2) is 8.78 Å². The van der Waals surface area contributed by atoms with Gasteiger partial charge in [0.25, 0.3) is 18.2 Å². The molecule has 0 spiro atoms. The van der Waals surface area contributed by atoms with E-state index in [-0.39, 0.29) is 43.6 Å². The normalized spacial score (nSPS) is 14.6. The van der Waals surface area contributed by atoms with E-state index in [1.54, 1.807) is 19.9 Å². The Morgan fingerprint density at radius 3 is 2.53 bits per heavy atom. The van der Waals surface area contributed by atoms with Crippen LogP contribution in [-0.2, 0) is 19.1 Å². The Bertz CT molecular complexity index is 1140. The Morgan fingerprint density at radius 1 is 1.17 bits per heavy atom. The zero-order valence-electron chi connectivity index (χ0n) is 19.5. The molecule has 3 N–H and O–H groups in total. The SMILES string of the molecule is CC(C)C(=O)N[C@@H](CNC(=O)c1ccc(Cl)s1)C(=O)Nc1ccc(N2CCOCC2=O)cc1C(F)F. The second-order valence-electron chi connectivity index (χ2n) is 8.19. The van der Waals surface area contributed by atoms with Crippen molar-refractivity contribution >= 4 is 57.9 Å². The first-order valence-corrected chi connectivity index (χ1v) is 12.2. The van der Waals surface area contributed by atoms with Crippen LogP contribution in [0.15, 0.2) is 30.3 Å². The third kappa shape index (κ3) is 6.99. The molecule has 1 atom stereocenters. The summed E-state index contributed by atoms with van der Waals surface area (Å²) >= 11 is 6.89. The summed E-state index contributed by atoms with van der Waals surface area (Å²) in [5.74, 6) is -2.59. The van der Waals surface area contributed by atoms with Crippen LogP contribution in [0.2, 0.25) is 4.34 Å². The fraction of sp³-hybridized carbons (Fsp3) is 0.391. The summed E-state index contributed by atoms with van der Waals surface area (Å²) in [5.41, 5.74) is -0.422. The number of alkyl halides is 2. The highest BCUT2D eigenvalue weighted by molar-refractivity contribution is 7.18. The number of rotatable bonds is 9. The van der Waals surface area contributed by atoms with E-state index in [2.05, 4.69) is 16.0 Å². The van der Waals surface area contributed by atoms with Gasteiger partial charge in [0, 0.05) is 35.9 Å². The van der Waals surface area contributed by atoms with Gasteiger partial charge in [0.2, 0.25) is 11.8 Å². The molecular weight excluding hydrogens is 518 g/mol. The largest absolute Gasteiger partial charge is 0.370 e. The number of halogens is 3. The lowest BCUT2D eigenvalue weighted by atomic mass is 10.1. The van der Waals surface area contributed by atoms with E-state index in [1.165, 1.54) is 23.1 Å². The van der Waals surface area contributed by atoms with E-state index in [0.29, 0.717) is 9.21 Å². The molecule has 1 aliphatic heterocycles.